The normalized spacial score (nSPS) is 26.6. The van der Waals surface area contributed by atoms with Crippen LogP contribution in [-0.2, 0) is 9.53 Å². The number of morpholine rings is 1. The zero-order chi connectivity index (χ0) is 13.7. The molecule has 6 heteroatoms. The third kappa shape index (κ3) is 4.34. The molecule has 2 atom stereocenters. The molecule has 5 nitrogen and oxygen atoms in total. The molecular weight excluding hydrogens is 262 g/mol. The first-order valence-corrected chi connectivity index (χ1v) is 8.24. The molecule has 2 unspecified atom stereocenters. The number of hydrogen-bond donors (Lipinski definition) is 2. The van der Waals surface area contributed by atoms with Crippen molar-refractivity contribution < 1.29 is 9.53 Å². The van der Waals surface area contributed by atoms with Crippen molar-refractivity contribution >= 4 is 17.7 Å². The van der Waals surface area contributed by atoms with Crippen LogP contribution in [-0.4, -0.2) is 67.4 Å². The molecule has 2 aliphatic rings. The molecule has 0 radical (unpaired) electrons. The second-order valence-corrected chi connectivity index (χ2v) is 6.51. The van der Waals surface area contributed by atoms with Crippen molar-refractivity contribution in [2.24, 2.45) is 5.92 Å². The number of hydrogen-bond acceptors (Lipinski definition) is 5. The van der Waals surface area contributed by atoms with E-state index in [1.54, 1.807) is 11.8 Å². The summed E-state index contributed by atoms with van der Waals surface area (Å²) in [5.74, 6) is 2.44. The Morgan fingerprint density at radius 2 is 2.21 bits per heavy atom. The van der Waals surface area contributed by atoms with E-state index in [4.69, 9.17) is 4.74 Å². The Morgan fingerprint density at radius 3 is 2.79 bits per heavy atom. The average molecular weight is 287 g/mol. The number of carbonyl (C=O) groups excluding carboxylic acids is 1. The molecule has 2 saturated heterocycles. The molecule has 0 bridgehead atoms. The van der Waals surface area contributed by atoms with Crippen molar-refractivity contribution in [1.82, 2.24) is 15.5 Å². The summed E-state index contributed by atoms with van der Waals surface area (Å²) in [6, 6.07) is 0.393. The van der Waals surface area contributed by atoms with E-state index in [1.807, 2.05) is 0 Å². The van der Waals surface area contributed by atoms with E-state index in [-0.39, 0.29) is 11.9 Å². The van der Waals surface area contributed by atoms with Gasteiger partial charge in [0.25, 0.3) is 0 Å². The Morgan fingerprint density at radius 1 is 1.47 bits per heavy atom. The van der Waals surface area contributed by atoms with E-state index in [0.717, 1.165) is 44.5 Å². The van der Waals surface area contributed by atoms with Gasteiger partial charge in [0, 0.05) is 37.3 Å². The van der Waals surface area contributed by atoms with Crippen LogP contribution in [0.1, 0.15) is 13.8 Å². The minimum atomic E-state index is -0.0116. The highest BCUT2D eigenvalue weighted by molar-refractivity contribution is 7.99. The fourth-order valence-corrected chi connectivity index (χ4v) is 3.53. The van der Waals surface area contributed by atoms with Crippen molar-refractivity contribution in [2.45, 2.75) is 25.9 Å². The van der Waals surface area contributed by atoms with Gasteiger partial charge in [0.15, 0.2) is 0 Å². The highest BCUT2D eigenvalue weighted by Crippen LogP contribution is 2.13. The predicted molar refractivity (Wildman–Crippen MR) is 78.3 cm³/mol. The van der Waals surface area contributed by atoms with Gasteiger partial charge in [-0.25, -0.2) is 0 Å². The first-order chi connectivity index (χ1) is 9.18. The van der Waals surface area contributed by atoms with Gasteiger partial charge >= 0.3 is 0 Å². The molecule has 110 valence electrons. The maximum atomic E-state index is 12.0. The van der Waals surface area contributed by atoms with Gasteiger partial charge in [-0.15, -0.1) is 11.8 Å². The van der Waals surface area contributed by atoms with Crippen LogP contribution in [0, 0.1) is 5.92 Å². The highest BCUT2D eigenvalue weighted by Gasteiger charge is 2.27. The van der Waals surface area contributed by atoms with E-state index in [0.29, 0.717) is 12.0 Å². The van der Waals surface area contributed by atoms with E-state index in [9.17, 15) is 4.79 Å². The van der Waals surface area contributed by atoms with Crippen LogP contribution in [0.4, 0.5) is 0 Å². The van der Waals surface area contributed by atoms with E-state index < -0.39 is 0 Å². The standard InChI is InChI=1S/C13H25N3O2S/c1-10(2)12(16-3-5-18-6-4-16)7-14-13(17)11-8-19-9-15-11/h10-12,15H,3-9H2,1-2H3,(H,14,17). The Kier molecular flexibility index (Phi) is 5.94. The number of rotatable bonds is 5. The Hall–Kier alpha value is -0.300. The molecular formula is C13H25N3O2S. The third-order valence-electron chi connectivity index (χ3n) is 3.80. The summed E-state index contributed by atoms with van der Waals surface area (Å²) in [7, 11) is 0. The smallest absolute Gasteiger partial charge is 0.238 e. The van der Waals surface area contributed by atoms with Crippen LogP contribution >= 0.6 is 11.8 Å². The summed E-state index contributed by atoms with van der Waals surface area (Å²) in [6.45, 7) is 8.72. The number of thioether (sulfide) groups is 1. The SMILES string of the molecule is CC(C)C(CNC(=O)C1CSCN1)N1CCOCC1. The maximum absolute atomic E-state index is 12.0. The Labute approximate surface area is 119 Å². The quantitative estimate of drug-likeness (QED) is 0.752. The Bertz CT molecular complexity index is 290. The Balaban J connectivity index is 1.80. The molecule has 2 N–H and O–H groups in total. The molecule has 2 rings (SSSR count). The van der Waals surface area contributed by atoms with Gasteiger partial charge in [-0.2, -0.15) is 0 Å². The van der Waals surface area contributed by atoms with Crippen molar-refractivity contribution in [3.8, 4) is 0 Å². The van der Waals surface area contributed by atoms with Crippen molar-refractivity contribution in [1.29, 1.82) is 0 Å². The lowest BCUT2D eigenvalue weighted by molar-refractivity contribution is -0.122. The summed E-state index contributed by atoms with van der Waals surface area (Å²) in [6.07, 6.45) is 0. The van der Waals surface area contributed by atoms with Gasteiger partial charge in [-0.1, -0.05) is 13.8 Å². The molecule has 0 spiro atoms. The number of amides is 1. The fraction of sp³-hybridized carbons (Fsp3) is 0.923. The first kappa shape index (κ1) is 15.1. The van der Waals surface area contributed by atoms with Crippen LogP contribution < -0.4 is 10.6 Å². The molecule has 0 aromatic rings. The summed E-state index contributed by atoms with van der Waals surface area (Å²) >= 11 is 1.78. The lowest BCUT2D eigenvalue weighted by Crippen LogP contribution is -2.53. The fourth-order valence-electron chi connectivity index (χ4n) is 2.59. The number of nitrogens with zero attached hydrogens (tertiary/aromatic N) is 1. The van der Waals surface area contributed by atoms with Gasteiger partial charge in [0.1, 0.15) is 0 Å². The van der Waals surface area contributed by atoms with Gasteiger partial charge in [-0.3, -0.25) is 15.0 Å². The molecule has 0 aromatic heterocycles. The second-order valence-electron chi connectivity index (χ2n) is 5.48. The average Bonchev–Trinajstić information content (AvgIpc) is 2.93. The number of ether oxygens (including phenoxy) is 1. The molecule has 2 aliphatic heterocycles. The molecule has 1 amide bonds. The van der Waals surface area contributed by atoms with E-state index >= 15 is 0 Å². The van der Waals surface area contributed by atoms with Crippen molar-refractivity contribution in [2.75, 3.05) is 44.5 Å². The molecule has 2 fully saturated rings. The summed E-state index contributed by atoms with van der Waals surface area (Å²) in [5, 5.41) is 6.31. The van der Waals surface area contributed by atoms with Crippen molar-refractivity contribution in [3.05, 3.63) is 0 Å². The number of carbonyl (C=O) groups is 1. The summed E-state index contributed by atoms with van der Waals surface area (Å²) in [4.78, 5) is 14.5. The lowest BCUT2D eigenvalue weighted by atomic mass is 10.0. The third-order valence-corrected chi connectivity index (χ3v) is 4.74. The number of nitrogens with one attached hydrogen (secondary N) is 2. The topological polar surface area (TPSA) is 53.6 Å². The minimum Gasteiger partial charge on any atom is -0.379 e. The summed E-state index contributed by atoms with van der Waals surface area (Å²) in [5.41, 5.74) is 0. The minimum absolute atomic E-state index is 0.0116. The monoisotopic (exact) mass is 287 g/mol. The second kappa shape index (κ2) is 7.47. The lowest BCUT2D eigenvalue weighted by Gasteiger charge is -2.37. The van der Waals surface area contributed by atoms with Crippen LogP contribution in [0.15, 0.2) is 0 Å². The zero-order valence-corrected chi connectivity index (χ0v) is 12.7. The molecule has 0 aliphatic carbocycles. The van der Waals surface area contributed by atoms with Gasteiger partial charge in [-0.05, 0) is 5.92 Å². The van der Waals surface area contributed by atoms with Gasteiger partial charge in [0.2, 0.25) is 5.91 Å². The van der Waals surface area contributed by atoms with Crippen LogP contribution in [0.3, 0.4) is 0 Å². The summed E-state index contributed by atoms with van der Waals surface area (Å²) < 4.78 is 5.39. The maximum Gasteiger partial charge on any atom is 0.238 e. The van der Waals surface area contributed by atoms with Gasteiger partial charge < -0.3 is 10.1 Å². The predicted octanol–water partition coefficient (Wildman–Crippen LogP) is 0.122. The van der Waals surface area contributed by atoms with E-state index in [1.165, 1.54) is 0 Å². The first-order valence-electron chi connectivity index (χ1n) is 7.09. The van der Waals surface area contributed by atoms with Crippen LogP contribution in [0.2, 0.25) is 0 Å². The van der Waals surface area contributed by atoms with Gasteiger partial charge in [0.05, 0.1) is 19.3 Å². The van der Waals surface area contributed by atoms with Crippen LogP contribution in [0.5, 0.6) is 0 Å². The van der Waals surface area contributed by atoms with Crippen molar-refractivity contribution in [3.63, 3.8) is 0 Å². The molecule has 19 heavy (non-hydrogen) atoms. The molecule has 2 heterocycles. The largest absolute Gasteiger partial charge is 0.379 e. The molecule has 0 aromatic carbocycles. The zero-order valence-electron chi connectivity index (χ0n) is 11.9. The van der Waals surface area contributed by atoms with Crippen LogP contribution in [0.25, 0.3) is 0 Å². The molecule has 0 saturated carbocycles. The van der Waals surface area contributed by atoms with E-state index in [2.05, 4.69) is 29.4 Å². The highest BCUT2D eigenvalue weighted by atomic mass is 32.2.